The minimum Gasteiger partial charge on any atom is -0.377 e. The number of carbonyl (C=O) groups excluding carboxylic acids is 1. The maximum Gasteiger partial charge on any atom is 0.129 e. The van der Waals surface area contributed by atoms with Gasteiger partial charge in [0.25, 0.3) is 0 Å². The zero-order valence-electron chi connectivity index (χ0n) is 16.2. The summed E-state index contributed by atoms with van der Waals surface area (Å²) in [6.07, 6.45) is 5.94. The lowest BCUT2D eigenvalue weighted by Gasteiger charge is -2.49. The van der Waals surface area contributed by atoms with E-state index in [1.54, 1.807) is 6.92 Å². The summed E-state index contributed by atoms with van der Waals surface area (Å²) in [6, 6.07) is 2.18. The number of nitrogens with zero attached hydrogens (tertiary/aromatic N) is 2. The van der Waals surface area contributed by atoms with Crippen LogP contribution in [0.1, 0.15) is 51.3 Å². The number of hydrogen-bond donors (Lipinski definition) is 1. The Morgan fingerprint density at radius 1 is 1.36 bits per heavy atom. The first-order valence-corrected chi connectivity index (χ1v) is 9.53. The van der Waals surface area contributed by atoms with Gasteiger partial charge < -0.3 is 19.7 Å². The van der Waals surface area contributed by atoms with Crippen LogP contribution in [0.2, 0.25) is 0 Å². The van der Waals surface area contributed by atoms with Crippen LogP contribution in [0, 0.1) is 6.92 Å². The van der Waals surface area contributed by atoms with Crippen molar-refractivity contribution >= 4 is 11.5 Å². The molecule has 0 aromatic carbocycles. The smallest absolute Gasteiger partial charge is 0.129 e. The van der Waals surface area contributed by atoms with Crippen molar-refractivity contribution in [3.8, 4) is 0 Å². The van der Waals surface area contributed by atoms with E-state index in [9.17, 15) is 4.79 Å². The van der Waals surface area contributed by atoms with Crippen molar-refractivity contribution in [2.75, 3.05) is 37.7 Å². The van der Waals surface area contributed by atoms with Crippen molar-refractivity contribution in [2.45, 2.75) is 58.9 Å². The van der Waals surface area contributed by atoms with Crippen LogP contribution < -0.4 is 10.2 Å². The maximum atomic E-state index is 10.0. The van der Waals surface area contributed by atoms with Crippen LogP contribution in [-0.2, 0) is 16.0 Å². The molecule has 5 nitrogen and oxygen atoms in total. The molecule has 0 amide bonds. The van der Waals surface area contributed by atoms with Gasteiger partial charge in [0.15, 0.2) is 0 Å². The number of carbonyl (C=O) groups is 1. The number of piperazine rings is 1. The Balaban J connectivity index is 0.000000326. The lowest BCUT2D eigenvalue weighted by molar-refractivity contribution is -0.117. The van der Waals surface area contributed by atoms with Gasteiger partial charge in [-0.1, -0.05) is 20.3 Å². The third-order valence-corrected chi connectivity index (χ3v) is 4.82. The van der Waals surface area contributed by atoms with E-state index in [1.165, 1.54) is 23.4 Å². The van der Waals surface area contributed by atoms with Crippen LogP contribution in [0.25, 0.3) is 0 Å². The molecular weight excluding hydrogens is 314 g/mol. The SMILES string of the molecule is CCCC(C)=O.CCCc1c(N2CCNC3(COC3)C2)ccnc1C. The van der Waals surface area contributed by atoms with E-state index >= 15 is 0 Å². The molecule has 0 radical (unpaired) electrons. The Kier molecular flexibility index (Phi) is 7.38. The molecule has 25 heavy (non-hydrogen) atoms. The monoisotopic (exact) mass is 347 g/mol. The first kappa shape index (κ1) is 19.9. The lowest BCUT2D eigenvalue weighted by Crippen LogP contribution is -2.70. The van der Waals surface area contributed by atoms with Crippen molar-refractivity contribution in [3.63, 3.8) is 0 Å². The van der Waals surface area contributed by atoms with Gasteiger partial charge in [0.2, 0.25) is 0 Å². The largest absolute Gasteiger partial charge is 0.377 e. The number of anilines is 1. The molecule has 2 saturated heterocycles. The molecule has 0 saturated carbocycles. The molecule has 2 aliphatic heterocycles. The Bertz CT molecular complexity index is 570. The molecule has 1 aromatic rings. The minimum atomic E-state index is 0.193. The molecule has 2 aliphatic rings. The molecule has 5 heteroatoms. The zero-order chi connectivity index (χ0) is 18.3. The van der Waals surface area contributed by atoms with Gasteiger partial charge in [0.05, 0.1) is 18.8 Å². The van der Waals surface area contributed by atoms with Crippen molar-refractivity contribution in [2.24, 2.45) is 0 Å². The van der Waals surface area contributed by atoms with E-state index in [0.29, 0.717) is 0 Å². The Labute approximate surface area is 152 Å². The number of aryl methyl sites for hydroxylation is 1. The summed E-state index contributed by atoms with van der Waals surface area (Å²) in [6.45, 7) is 12.8. The third kappa shape index (κ3) is 5.25. The molecule has 1 N–H and O–H groups in total. The summed E-state index contributed by atoms with van der Waals surface area (Å²) >= 11 is 0. The average molecular weight is 348 g/mol. The minimum absolute atomic E-state index is 0.193. The fraction of sp³-hybridized carbons (Fsp3) is 0.700. The second-order valence-corrected chi connectivity index (χ2v) is 7.22. The molecule has 3 heterocycles. The molecule has 1 aromatic heterocycles. The van der Waals surface area contributed by atoms with E-state index in [-0.39, 0.29) is 11.3 Å². The van der Waals surface area contributed by atoms with Crippen LogP contribution in [0.15, 0.2) is 12.3 Å². The zero-order valence-corrected chi connectivity index (χ0v) is 16.2. The van der Waals surface area contributed by atoms with Crippen LogP contribution in [0.4, 0.5) is 5.69 Å². The van der Waals surface area contributed by atoms with Crippen molar-refractivity contribution in [3.05, 3.63) is 23.5 Å². The number of pyridine rings is 1. The number of ether oxygens (including phenoxy) is 1. The highest BCUT2D eigenvalue weighted by atomic mass is 16.5. The molecule has 0 bridgehead atoms. The van der Waals surface area contributed by atoms with E-state index in [1.807, 2.05) is 13.1 Å². The Hall–Kier alpha value is -1.46. The molecule has 0 atom stereocenters. The quantitative estimate of drug-likeness (QED) is 0.887. The molecule has 0 unspecified atom stereocenters. The van der Waals surface area contributed by atoms with Gasteiger partial charge in [-0.15, -0.1) is 0 Å². The van der Waals surface area contributed by atoms with Gasteiger partial charge in [-0.2, -0.15) is 0 Å². The number of Topliss-reactive ketones (excluding diaryl/α,β-unsaturated/α-hetero) is 1. The predicted octanol–water partition coefficient (Wildman–Crippen LogP) is 2.90. The van der Waals surface area contributed by atoms with Gasteiger partial charge in [-0.25, -0.2) is 0 Å². The second-order valence-electron chi connectivity index (χ2n) is 7.22. The number of hydrogen-bond acceptors (Lipinski definition) is 5. The summed E-state index contributed by atoms with van der Waals surface area (Å²) in [5.41, 5.74) is 4.17. The normalized spacial score (nSPS) is 18.3. The van der Waals surface area contributed by atoms with E-state index < -0.39 is 0 Å². The van der Waals surface area contributed by atoms with Crippen molar-refractivity contribution < 1.29 is 9.53 Å². The number of ketones is 1. The van der Waals surface area contributed by atoms with Crippen molar-refractivity contribution in [1.29, 1.82) is 0 Å². The van der Waals surface area contributed by atoms with Crippen LogP contribution in [0.5, 0.6) is 0 Å². The van der Waals surface area contributed by atoms with E-state index in [0.717, 1.165) is 52.1 Å². The molecule has 140 valence electrons. The van der Waals surface area contributed by atoms with Gasteiger partial charge in [-0.05, 0) is 38.3 Å². The fourth-order valence-corrected chi connectivity index (χ4v) is 3.49. The summed E-state index contributed by atoms with van der Waals surface area (Å²) in [5.74, 6) is 0.289. The number of aromatic nitrogens is 1. The maximum absolute atomic E-state index is 10.0. The predicted molar refractivity (Wildman–Crippen MR) is 102 cm³/mol. The molecule has 0 aliphatic carbocycles. The van der Waals surface area contributed by atoms with Crippen LogP contribution in [0.3, 0.4) is 0 Å². The van der Waals surface area contributed by atoms with E-state index in [4.69, 9.17) is 4.74 Å². The van der Waals surface area contributed by atoms with Gasteiger partial charge in [0, 0.05) is 43.6 Å². The molecule has 3 rings (SSSR count). The summed E-state index contributed by atoms with van der Waals surface area (Å²) < 4.78 is 5.40. The van der Waals surface area contributed by atoms with Gasteiger partial charge in [-0.3, -0.25) is 4.98 Å². The Morgan fingerprint density at radius 2 is 2.12 bits per heavy atom. The highest BCUT2D eigenvalue weighted by molar-refractivity contribution is 5.75. The highest BCUT2D eigenvalue weighted by Gasteiger charge is 2.42. The van der Waals surface area contributed by atoms with Gasteiger partial charge in [0.1, 0.15) is 5.78 Å². The Morgan fingerprint density at radius 3 is 2.64 bits per heavy atom. The summed E-state index contributed by atoms with van der Waals surface area (Å²) in [5, 5.41) is 3.62. The summed E-state index contributed by atoms with van der Waals surface area (Å²) in [7, 11) is 0. The molecule has 2 fully saturated rings. The third-order valence-electron chi connectivity index (χ3n) is 4.82. The molecular formula is C20H33N3O2. The van der Waals surface area contributed by atoms with Crippen LogP contribution >= 0.6 is 0 Å². The first-order valence-electron chi connectivity index (χ1n) is 9.53. The standard InChI is InChI=1S/C15H23N3O.C5H10O/c1-3-4-13-12(2)16-6-5-14(13)18-8-7-17-15(9-18)10-19-11-15;1-3-4-5(2)6/h5-6,17H,3-4,7-11H2,1-2H3;3-4H2,1-2H3. The first-order chi connectivity index (χ1) is 12.0. The number of rotatable bonds is 5. The molecule has 1 spiro atoms. The number of nitrogens with one attached hydrogen (secondary N) is 1. The van der Waals surface area contributed by atoms with E-state index in [2.05, 4.69) is 35.1 Å². The average Bonchev–Trinajstić information content (AvgIpc) is 2.56. The topological polar surface area (TPSA) is 54.5 Å². The second kappa shape index (κ2) is 9.30. The van der Waals surface area contributed by atoms with Gasteiger partial charge >= 0.3 is 0 Å². The van der Waals surface area contributed by atoms with Crippen LogP contribution in [-0.4, -0.2) is 49.2 Å². The fourth-order valence-electron chi connectivity index (χ4n) is 3.49. The lowest BCUT2D eigenvalue weighted by atomic mass is 9.93. The van der Waals surface area contributed by atoms with Crippen molar-refractivity contribution in [1.82, 2.24) is 10.3 Å². The summed E-state index contributed by atoms with van der Waals surface area (Å²) in [4.78, 5) is 17.0. The highest BCUT2D eigenvalue weighted by Crippen LogP contribution is 2.29.